The number of para-hydroxylation sites is 5. The summed E-state index contributed by atoms with van der Waals surface area (Å²) in [4.78, 5) is 13.5. The van der Waals surface area contributed by atoms with Crippen LogP contribution in [-0.4, -0.2) is 15.6 Å². The summed E-state index contributed by atoms with van der Waals surface area (Å²) in [6.07, 6.45) is 0.959. The minimum atomic E-state index is -0.181. The monoisotopic (exact) mass is 1610 g/mol. The van der Waals surface area contributed by atoms with Gasteiger partial charge in [0.25, 0.3) is 6.47 Å². The van der Waals surface area contributed by atoms with Crippen LogP contribution in [0.3, 0.4) is 0 Å². The molecule has 0 saturated heterocycles. The van der Waals surface area contributed by atoms with E-state index in [0.717, 1.165) is 48.2 Å². The molecule has 0 aliphatic carbocycles. The number of halogens is 5. The summed E-state index contributed by atoms with van der Waals surface area (Å²) in [6, 6.07) is 103. The Labute approximate surface area is 657 Å². The molecule has 0 N–H and O–H groups in total. The first-order chi connectivity index (χ1) is 41.6. The number of anilines is 3. The topological polar surface area (TPSA) is 62.5 Å². The summed E-state index contributed by atoms with van der Waals surface area (Å²) in [5, 5.41) is 13.6. The van der Waals surface area contributed by atoms with Gasteiger partial charge in [0.2, 0.25) is 0 Å². The quantitative estimate of drug-likeness (QED) is 0.0450. The second-order valence-electron chi connectivity index (χ2n) is 19.8. The summed E-state index contributed by atoms with van der Waals surface area (Å²) < 4.78 is 10.4. The van der Waals surface area contributed by atoms with Gasteiger partial charge in [0.15, 0.2) is 0 Å². The minimum absolute atomic E-state index is 0. The molecule has 429 valence electrons. The summed E-state index contributed by atoms with van der Waals surface area (Å²) in [5.41, 5.74) is 18.0. The Bertz CT molecular complexity index is 4580. The average Bonchev–Trinajstić information content (AvgIpc) is 1.69. The number of rotatable bonds is 10. The van der Waals surface area contributed by atoms with Gasteiger partial charge in [0.05, 0.1) is 27.8 Å². The Morgan fingerprint density at radius 3 is 1.27 bits per heavy atom. The molecular formula is C74H52Br4CuIK2N3O3. The molecule has 0 aliphatic heterocycles. The van der Waals surface area contributed by atoms with Crippen molar-refractivity contribution in [2.45, 2.75) is 6.42 Å². The van der Waals surface area contributed by atoms with Crippen LogP contribution in [0.2, 0.25) is 0 Å². The summed E-state index contributed by atoms with van der Waals surface area (Å²) >= 11 is 16.9. The van der Waals surface area contributed by atoms with Crippen LogP contribution in [-0.2, 0) is 33.2 Å². The predicted molar refractivity (Wildman–Crippen MR) is 375 cm³/mol. The normalized spacial score (nSPS) is 10.4. The Morgan fingerprint density at radius 1 is 0.420 bits per heavy atom. The molecule has 0 atom stereocenters. The number of hydrogen-bond acceptors (Lipinski definition) is 4. The molecule has 2 aromatic heterocycles. The zero-order chi connectivity index (χ0) is 58.7. The Morgan fingerprint density at radius 2 is 0.807 bits per heavy atom. The first kappa shape index (κ1) is 69.8. The number of nitrogens with zero attached hydrogens (tertiary/aromatic N) is 3. The molecule has 14 rings (SSSR count). The van der Waals surface area contributed by atoms with Crippen molar-refractivity contribution in [2.24, 2.45) is 0 Å². The number of fused-ring (bicyclic) bond motifs is 6. The molecule has 0 amide bonds. The van der Waals surface area contributed by atoms with Crippen LogP contribution in [0.15, 0.2) is 309 Å². The van der Waals surface area contributed by atoms with Crippen molar-refractivity contribution in [1.82, 2.24) is 9.13 Å². The number of benzene rings is 12. The molecule has 2 heterocycles. The molecule has 0 spiro atoms. The van der Waals surface area contributed by atoms with E-state index in [1.54, 1.807) is 0 Å². The molecular weight excluding hydrogens is 1570 g/mol. The predicted octanol–water partition coefficient (Wildman–Crippen LogP) is 15.9. The molecule has 6 nitrogen and oxygen atoms in total. The van der Waals surface area contributed by atoms with Gasteiger partial charge in [-0.1, -0.05) is 218 Å². The number of hydrogen-bond donors (Lipinski definition) is 0. The van der Waals surface area contributed by atoms with Crippen molar-refractivity contribution in [3.63, 3.8) is 0 Å². The molecule has 0 saturated carbocycles. The Hall–Kier alpha value is -4.09. The second-order valence-corrected chi connectivity index (χ2v) is 24.5. The summed E-state index contributed by atoms with van der Waals surface area (Å²) in [6.45, 7) is -0.181. The van der Waals surface area contributed by atoms with Crippen LogP contribution < -0.4 is 113 Å². The number of aromatic nitrogens is 2. The van der Waals surface area contributed by atoms with E-state index in [1.165, 1.54) is 85.2 Å². The van der Waals surface area contributed by atoms with Crippen molar-refractivity contribution in [2.75, 3.05) is 4.90 Å². The van der Waals surface area contributed by atoms with Gasteiger partial charge >= 0.3 is 103 Å². The SMILES string of the molecule is Brc1cccc(Cc2ccccc2Br)c1.Brc1cccc(N(c2cccc(-c3cccc(-n4c5ccccc5c5ccccc54)c3)c2)c2ccccc2Br)c1.Ic1cccc(-c2cccc(-n3c4ccccc4c4ccccc43)c2)c1.O=CO[O-].[Cu].[H-].[K+].[K+]. The van der Waals surface area contributed by atoms with Crippen molar-refractivity contribution in [3.05, 3.63) is 324 Å². The maximum absolute atomic E-state index is 8.64. The summed E-state index contributed by atoms with van der Waals surface area (Å²) in [7, 11) is 0. The third-order valence-electron chi connectivity index (χ3n) is 14.4. The van der Waals surface area contributed by atoms with Crippen LogP contribution in [0.5, 0.6) is 0 Å². The third-order valence-corrected chi connectivity index (χ3v) is 17.5. The maximum Gasteiger partial charge on any atom is 1.00 e. The van der Waals surface area contributed by atoms with Gasteiger partial charge in [-0.25, -0.2) is 0 Å². The molecule has 12 aromatic carbocycles. The second kappa shape index (κ2) is 34.0. The van der Waals surface area contributed by atoms with E-state index >= 15 is 0 Å². The first-order valence-electron chi connectivity index (χ1n) is 27.2. The van der Waals surface area contributed by atoms with Gasteiger partial charge in [0.1, 0.15) is 0 Å². The van der Waals surface area contributed by atoms with Gasteiger partial charge < -0.3 is 25.6 Å². The third kappa shape index (κ3) is 16.8. The van der Waals surface area contributed by atoms with Crippen LogP contribution in [0.1, 0.15) is 12.6 Å². The molecule has 88 heavy (non-hydrogen) atoms. The molecule has 14 heteroatoms. The molecule has 0 fully saturated rings. The van der Waals surface area contributed by atoms with E-state index in [9.17, 15) is 0 Å². The van der Waals surface area contributed by atoms with Crippen molar-refractivity contribution in [3.8, 4) is 33.6 Å². The van der Waals surface area contributed by atoms with Gasteiger partial charge in [-0.2, -0.15) is 0 Å². The zero-order valence-electron chi connectivity index (χ0n) is 48.8. The fourth-order valence-electron chi connectivity index (χ4n) is 10.7. The summed E-state index contributed by atoms with van der Waals surface area (Å²) in [5.74, 6) is 0. The van der Waals surface area contributed by atoms with Crippen LogP contribution in [0.4, 0.5) is 17.1 Å². The van der Waals surface area contributed by atoms with Crippen LogP contribution >= 0.6 is 86.3 Å². The molecule has 14 aromatic rings. The first-order valence-corrected chi connectivity index (χ1v) is 31.4. The largest absolute Gasteiger partial charge is 1.00 e. The smallest absolute Gasteiger partial charge is 1.00 e. The Kier molecular flexibility index (Phi) is 27.0. The van der Waals surface area contributed by atoms with E-state index in [-0.39, 0.29) is 128 Å². The van der Waals surface area contributed by atoms with Crippen molar-refractivity contribution >= 4 is 153 Å². The molecule has 0 unspecified atom stereocenters. The standard InChI is InChI=1S/C36H24Br2N2.C24H16IN.C13H10Br2.CH2O3.Cu.2K.H/c37-27-12-9-15-30(24-27)39(36-21-6-3-18-33(36)38)28-13-7-10-25(22-28)26-11-8-14-29(23-26)40-34-19-4-1-16-31(34)32-17-2-5-20-35(32)40;25-19-9-5-7-17(15-19)18-8-6-10-20(16-18)26-23-13-3-1-11-21(23)22-12-2-4-14-24(22)26;14-12-6-3-4-10(9-12)8-11-5-1-2-7-13(11)15;2-1-4-3;;;;/h1-24H;1-16H;1-7,9H,8H2;1,3H;;;;/q;;;;;2*+1;-1/p-1. The van der Waals surface area contributed by atoms with Gasteiger partial charge in [-0.15, -0.1) is 0 Å². The van der Waals surface area contributed by atoms with Gasteiger partial charge in [-0.05, 0) is 200 Å². The zero-order valence-corrected chi connectivity index (χ0v) is 63.4. The van der Waals surface area contributed by atoms with Crippen molar-refractivity contribution < 1.29 is 136 Å². The fraction of sp³-hybridized carbons (Fsp3) is 0.0135. The van der Waals surface area contributed by atoms with E-state index in [0.29, 0.717) is 0 Å². The van der Waals surface area contributed by atoms with E-state index in [1.807, 2.05) is 18.2 Å². The Balaban J connectivity index is 0.000000198. The maximum atomic E-state index is 8.64. The number of carbonyl (C=O) groups is 1. The molecule has 0 bridgehead atoms. The van der Waals surface area contributed by atoms with E-state index in [4.69, 9.17) is 10.1 Å². The van der Waals surface area contributed by atoms with Crippen LogP contribution in [0, 0.1) is 3.57 Å². The van der Waals surface area contributed by atoms with E-state index in [2.05, 4.69) is 378 Å². The van der Waals surface area contributed by atoms with Crippen molar-refractivity contribution in [1.29, 1.82) is 0 Å². The molecule has 1 radical (unpaired) electrons. The van der Waals surface area contributed by atoms with Gasteiger partial charge in [0, 0.05) is 82.8 Å². The molecule has 0 aliphatic rings. The fourth-order valence-corrected chi connectivity index (χ4v) is 13.0. The number of carbonyl (C=O) groups excluding carboxylic acids is 1. The minimum Gasteiger partial charge on any atom is -1.00 e. The van der Waals surface area contributed by atoms with E-state index < -0.39 is 0 Å². The average molecular weight is 1620 g/mol. The van der Waals surface area contributed by atoms with Gasteiger partial charge in [-0.3, -0.25) is 4.79 Å². The van der Waals surface area contributed by atoms with Crippen LogP contribution in [0.25, 0.3) is 77.2 Å².